The van der Waals surface area contributed by atoms with Crippen LogP contribution in [0.2, 0.25) is 0 Å². The fraction of sp³-hybridized carbons (Fsp3) is 0.0625. The van der Waals surface area contributed by atoms with Gasteiger partial charge in [0.15, 0.2) is 0 Å². The lowest BCUT2D eigenvalue weighted by Gasteiger charge is -2.09. The van der Waals surface area contributed by atoms with Crippen molar-refractivity contribution in [2.45, 2.75) is 6.54 Å². The van der Waals surface area contributed by atoms with Gasteiger partial charge in [0.25, 0.3) is 17.4 Å². The van der Waals surface area contributed by atoms with E-state index in [9.17, 15) is 14.4 Å². The van der Waals surface area contributed by atoms with Gasteiger partial charge >= 0.3 is 0 Å². The van der Waals surface area contributed by atoms with E-state index in [2.05, 4.69) is 36.7 Å². The fourth-order valence-electron chi connectivity index (χ4n) is 2.13. The number of hydrogen-bond donors (Lipinski definition) is 2. The summed E-state index contributed by atoms with van der Waals surface area (Å²) in [6.45, 7) is -0.276. The zero-order valence-corrected chi connectivity index (χ0v) is 14.4. The molecule has 0 atom stereocenters. The zero-order valence-electron chi connectivity index (χ0n) is 12.8. The second-order valence-electron chi connectivity index (χ2n) is 5.08. The van der Waals surface area contributed by atoms with Crippen molar-refractivity contribution in [2.24, 2.45) is 0 Å². The summed E-state index contributed by atoms with van der Waals surface area (Å²) in [5.41, 5.74) is 5.01. The van der Waals surface area contributed by atoms with Crippen molar-refractivity contribution in [1.82, 2.24) is 25.4 Å². The summed E-state index contributed by atoms with van der Waals surface area (Å²) < 4.78 is 1.91. The van der Waals surface area contributed by atoms with Crippen LogP contribution in [0.4, 0.5) is 0 Å². The minimum absolute atomic E-state index is 0.276. The van der Waals surface area contributed by atoms with E-state index in [1.54, 1.807) is 30.3 Å². The van der Waals surface area contributed by atoms with Crippen LogP contribution in [0, 0.1) is 0 Å². The molecule has 0 spiro atoms. The summed E-state index contributed by atoms with van der Waals surface area (Å²) in [7, 11) is 0. The average Bonchev–Trinajstić information content (AvgIpc) is 2.63. The van der Waals surface area contributed by atoms with Crippen molar-refractivity contribution < 1.29 is 9.59 Å². The number of halogens is 1. The molecule has 3 aromatic rings. The van der Waals surface area contributed by atoms with Crippen molar-refractivity contribution in [3.05, 3.63) is 69.4 Å². The number of carbonyl (C=O) groups is 2. The maximum atomic E-state index is 12.4. The van der Waals surface area contributed by atoms with E-state index in [4.69, 9.17) is 0 Å². The summed E-state index contributed by atoms with van der Waals surface area (Å²) in [4.78, 5) is 44.2. The molecule has 2 amide bonds. The molecule has 0 aliphatic heterocycles. The number of carbonyl (C=O) groups excluding carboxylic acids is 2. The number of benzene rings is 1. The van der Waals surface area contributed by atoms with E-state index in [0.29, 0.717) is 16.5 Å². The number of rotatable bonds is 3. The van der Waals surface area contributed by atoms with Crippen molar-refractivity contribution >= 4 is 38.6 Å². The van der Waals surface area contributed by atoms with Crippen LogP contribution in [0.15, 0.2) is 58.3 Å². The van der Waals surface area contributed by atoms with E-state index < -0.39 is 11.8 Å². The van der Waals surface area contributed by atoms with Gasteiger partial charge in [-0.25, -0.2) is 4.98 Å². The topological polar surface area (TPSA) is 106 Å². The predicted molar refractivity (Wildman–Crippen MR) is 93.5 cm³/mol. The van der Waals surface area contributed by atoms with E-state index in [0.717, 1.165) is 4.47 Å². The lowest BCUT2D eigenvalue weighted by Crippen LogP contribution is -2.44. The Labute approximate surface area is 150 Å². The third-order valence-corrected chi connectivity index (χ3v) is 3.83. The van der Waals surface area contributed by atoms with Crippen LogP contribution in [-0.2, 0) is 11.3 Å². The molecule has 3 rings (SSSR count). The molecule has 0 unspecified atom stereocenters. The number of fused-ring (bicyclic) bond motifs is 1. The molecule has 0 saturated heterocycles. The van der Waals surface area contributed by atoms with Gasteiger partial charge in [0.05, 0.1) is 22.8 Å². The van der Waals surface area contributed by atoms with Crippen LogP contribution in [0.25, 0.3) is 10.9 Å². The van der Waals surface area contributed by atoms with Gasteiger partial charge in [-0.1, -0.05) is 15.9 Å². The molecule has 9 heteroatoms. The highest BCUT2D eigenvalue weighted by Crippen LogP contribution is 2.14. The predicted octanol–water partition coefficient (Wildman–Crippen LogP) is 1.02. The molecule has 25 heavy (non-hydrogen) atoms. The Morgan fingerprint density at radius 3 is 2.80 bits per heavy atom. The SMILES string of the molecule is O=C(Cn1cnc2ccc(Br)cc2c1=O)NNC(=O)c1cccnc1. The molecule has 0 fully saturated rings. The molecule has 2 aromatic heterocycles. The van der Waals surface area contributed by atoms with Crippen LogP contribution in [0.5, 0.6) is 0 Å². The van der Waals surface area contributed by atoms with Crippen molar-refractivity contribution in [2.75, 3.05) is 0 Å². The first-order valence-electron chi connectivity index (χ1n) is 7.18. The van der Waals surface area contributed by atoms with E-state index in [-0.39, 0.29) is 12.1 Å². The number of aromatic nitrogens is 3. The van der Waals surface area contributed by atoms with E-state index >= 15 is 0 Å². The van der Waals surface area contributed by atoms with Crippen LogP contribution in [-0.4, -0.2) is 26.3 Å². The first kappa shape index (κ1) is 16.8. The maximum absolute atomic E-state index is 12.4. The lowest BCUT2D eigenvalue weighted by molar-refractivity contribution is -0.122. The van der Waals surface area contributed by atoms with Gasteiger partial charge in [-0.05, 0) is 30.3 Å². The fourth-order valence-corrected chi connectivity index (χ4v) is 2.49. The van der Waals surface area contributed by atoms with Gasteiger partial charge in [0.2, 0.25) is 0 Å². The van der Waals surface area contributed by atoms with Gasteiger partial charge in [0, 0.05) is 16.9 Å². The largest absolute Gasteiger partial charge is 0.289 e. The zero-order chi connectivity index (χ0) is 17.8. The highest BCUT2D eigenvalue weighted by atomic mass is 79.9. The second kappa shape index (κ2) is 7.22. The Morgan fingerprint density at radius 2 is 2.04 bits per heavy atom. The average molecular weight is 402 g/mol. The monoisotopic (exact) mass is 401 g/mol. The first-order valence-corrected chi connectivity index (χ1v) is 7.98. The van der Waals surface area contributed by atoms with Crippen molar-refractivity contribution in [1.29, 1.82) is 0 Å². The molecule has 8 nitrogen and oxygen atoms in total. The Balaban J connectivity index is 1.69. The van der Waals surface area contributed by atoms with Gasteiger partial charge < -0.3 is 0 Å². The highest BCUT2D eigenvalue weighted by molar-refractivity contribution is 9.10. The molecule has 126 valence electrons. The Bertz CT molecular complexity index is 1000. The van der Waals surface area contributed by atoms with Crippen LogP contribution in [0.1, 0.15) is 10.4 Å². The molecule has 0 saturated carbocycles. The smallest absolute Gasteiger partial charge is 0.271 e. The summed E-state index contributed by atoms with van der Waals surface area (Å²) in [6, 6.07) is 8.29. The molecule has 0 bridgehead atoms. The molecule has 0 aliphatic carbocycles. The van der Waals surface area contributed by atoms with Crippen LogP contribution >= 0.6 is 15.9 Å². The van der Waals surface area contributed by atoms with Gasteiger partial charge in [-0.2, -0.15) is 0 Å². The molecule has 0 radical (unpaired) electrons. The van der Waals surface area contributed by atoms with Gasteiger partial charge in [-0.15, -0.1) is 0 Å². The molecular weight excluding hydrogens is 390 g/mol. The Morgan fingerprint density at radius 1 is 1.20 bits per heavy atom. The number of nitrogens with zero attached hydrogens (tertiary/aromatic N) is 3. The third kappa shape index (κ3) is 3.89. The lowest BCUT2D eigenvalue weighted by atomic mass is 10.2. The maximum Gasteiger partial charge on any atom is 0.271 e. The number of hydrazine groups is 1. The standard InChI is InChI=1S/C16H12BrN5O3/c17-11-3-4-13-12(6-11)16(25)22(9-19-13)8-14(23)20-21-15(24)10-2-1-5-18-7-10/h1-7,9H,8H2,(H,20,23)(H,21,24). The number of pyridine rings is 1. The minimum atomic E-state index is -0.560. The minimum Gasteiger partial charge on any atom is -0.289 e. The highest BCUT2D eigenvalue weighted by Gasteiger charge is 2.10. The van der Waals surface area contributed by atoms with Crippen LogP contribution < -0.4 is 16.4 Å². The van der Waals surface area contributed by atoms with Crippen molar-refractivity contribution in [3.8, 4) is 0 Å². The molecule has 2 N–H and O–H groups in total. The summed E-state index contributed by atoms with van der Waals surface area (Å²) in [6.07, 6.45) is 4.20. The molecular formula is C16H12BrN5O3. The summed E-state index contributed by atoms with van der Waals surface area (Å²) >= 11 is 3.30. The molecule has 0 aliphatic rings. The molecule has 2 heterocycles. The summed E-state index contributed by atoms with van der Waals surface area (Å²) in [5, 5.41) is 0.393. The van der Waals surface area contributed by atoms with Gasteiger partial charge in [-0.3, -0.25) is 34.8 Å². The quantitative estimate of drug-likeness (QED) is 0.637. The van der Waals surface area contributed by atoms with E-state index in [1.807, 2.05) is 0 Å². The van der Waals surface area contributed by atoms with Crippen molar-refractivity contribution in [3.63, 3.8) is 0 Å². The second-order valence-corrected chi connectivity index (χ2v) is 6.00. The first-order chi connectivity index (χ1) is 12.0. The Hall–Kier alpha value is -3.07. The third-order valence-electron chi connectivity index (χ3n) is 3.34. The van der Waals surface area contributed by atoms with Crippen LogP contribution in [0.3, 0.4) is 0 Å². The number of amides is 2. The number of nitrogens with one attached hydrogen (secondary N) is 2. The van der Waals surface area contributed by atoms with Gasteiger partial charge in [0.1, 0.15) is 6.54 Å². The molecule has 1 aromatic carbocycles. The van der Waals surface area contributed by atoms with E-state index in [1.165, 1.54) is 23.3 Å². The number of hydrogen-bond acceptors (Lipinski definition) is 5. The normalized spacial score (nSPS) is 10.4. The summed E-state index contributed by atoms with van der Waals surface area (Å²) in [5.74, 6) is -1.06. The Kier molecular flexibility index (Phi) is 4.85.